The quantitative estimate of drug-likeness (QED) is 0.368. The predicted molar refractivity (Wildman–Crippen MR) is 85.6 cm³/mol. The molecule has 20 heavy (non-hydrogen) atoms. The zero-order valence-electron chi connectivity index (χ0n) is 12.6. The summed E-state index contributed by atoms with van der Waals surface area (Å²) in [6.07, 6.45) is 7.96. The van der Waals surface area contributed by atoms with E-state index >= 15 is 0 Å². The molecule has 3 heteroatoms. The van der Waals surface area contributed by atoms with Crippen LogP contribution in [0.1, 0.15) is 51.9 Å². The molecule has 0 amide bonds. The van der Waals surface area contributed by atoms with Gasteiger partial charge in [-0.3, -0.25) is 0 Å². The van der Waals surface area contributed by atoms with Crippen LogP contribution in [0.3, 0.4) is 0 Å². The van der Waals surface area contributed by atoms with Gasteiger partial charge in [0.1, 0.15) is 0 Å². The topological polar surface area (TPSA) is 26.3 Å². The first-order valence-corrected chi connectivity index (χ1v) is 9.39. The number of unbranched alkanes of at least 4 members (excludes halogenated alkanes) is 3. The molecule has 0 N–H and O–H groups in total. The third-order valence-corrected chi connectivity index (χ3v) is 6.15. The number of hydrogen-bond donors (Lipinski definition) is 0. The third-order valence-electron chi connectivity index (χ3n) is 3.32. The van der Waals surface area contributed by atoms with Crippen LogP contribution in [0.4, 0.5) is 0 Å². The number of ether oxygens (including phenoxy) is 1. The van der Waals surface area contributed by atoms with E-state index in [9.17, 15) is 4.79 Å². The van der Waals surface area contributed by atoms with E-state index in [1.165, 1.54) is 43.7 Å². The molecule has 1 aromatic carbocycles. The van der Waals surface area contributed by atoms with Crippen molar-refractivity contribution >= 4 is 25.4 Å². The molecule has 1 aromatic rings. The Balaban J connectivity index is 2.43. The zero-order chi connectivity index (χ0) is 14.6. The van der Waals surface area contributed by atoms with Gasteiger partial charge in [0.15, 0.2) is 0 Å². The van der Waals surface area contributed by atoms with Crippen molar-refractivity contribution in [1.82, 2.24) is 0 Å². The van der Waals surface area contributed by atoms with Crippen LogP contribution in [0.15, 0.2) is 30.3 Å². The van der Waals surface area contributed by atoms with Gasteiger partial charge in [0.25, 0.3) is 0 Å². The van der Waals surface area contributed by atoms with E-state index in [1.54, 1.807) is 0 Å². The van der Waals surface area contributed by atoms with Crippen molar-refractivity contribution in [3.05, 3.63) is 30.3 Å². The summed E-state index contributed by atoms with van der Waals surface area (Å²) in [6, 6.07) is 10.7. The van der Waals surface area contributed by atoms with Crippen molar-refractivity contribution in [3.8, 4) is 0 Å². The molecule has 0 radical (unpaired) electrons. The number of carbonyl (C=O) groups is 1. The Labute approximate surface area is 129 Å². The van der Waals surface area contributed by atoms with Gasteiger partial charge in [0, 0.05) is 0 Å². The summed E-state index contributed by atoms with van der Waals surface area (Å²) in [5.41, 5.74) is 0. The molecule has 112 valence electrons. The summed E-state index contributed by atoms with van der Waals surface area (Å²) in [4.78, 5) is 12.0. The Bertz CT molecular complexity index is 365. The average molecular weight is 341 g/mol. The number of methoxy groups -OCH3 is 1. The minimum atomic E-state index is -0.0765. The molecule has 0 aliphatic rings. The van der Waals surface area contributed by atoms with Gasteiger partial charge in [-0.2, -0.15) is 0 Å². The average Bonchev–Trinajstić information content (AvgIpc) is 2.49. The SMILES string of the molecule is CCCCCCC(CCC(=O)OC)[Se]c1ccccc1. The molecule has 0 saturated carbocycles. The molecule has 1 unspecified atom stereocenters. The number of carbonyl (C=O) groups excluding carboxylic acids is 1. The molecule has 0 aliphatic carbocycles. The fraction of sp³-hybridized carbons (Fsp3) is 0.588. The molecular weight excluding hydrogens is 315 g/mol. The predicted octanol–water partition coefficient (Wildman–Crippen LogP) is 3.73. The summed E-state index contributed by atoms with van der Waals surface area (Å²) < 4.78 is 6.20. The summed E-state index contributed by atoms with van der Waals surface area (Å²) in [7, 11) is 1.47. The van der Waals surface area contributed by atoms with E-state index in [0.717, 1.165) is 6.42 Å². The maximum atomic E-state index is 11.3. The molecule has 0 bridgehead atoms. The van der Waals surface area contributed by atoms with Gasteiger partial charge in [-0.05, 0) is 0 Å². The van der Waals surface area contributed by atoms with E-state index in [-0.39, 0.29) is 5.97 Å². The number of hydrogen-bond acceptors (Lipinski definition) is 2. The molecule has 0 saturated heterocycles. The van der Waals surface area contributed by atoms with Gasteiger partial charge in [-0.1, -0.05) is 0 Å². The van der Waals surface area contributed by atoms with Crippen molar-refractivity contribution in [1.29, 1.82) is 0 Å². The van der Waals surface area contributed by atoms with Crippen LogP contribution >= 0.6 is 0 Å². The van der Waals surface area contributed by atoms with E-state index in [0.29, 0.717) is 26.2 Å². The summed E-state index contributed by atoms with van der Waals surface area (Å²) in [5, 5.41) is 0. The van der Waals surface area contributed by atoms with E-state index in [4.69, 9.17) is 4.74 Å². The van der Waals surface area contributed by atoms with Crippen molar-refractivity contribution in [2.24, 2.45) is 0 Å². The minimum absolute atomic E-state index is 0.0765. The maximum absolute atomic E-state index is 11.3. The van der Waals surface area contributed by atoms with E-state index in [1.807, 2.05) is 0 Å². The number of esters is 1. The van der Waals surface area contributed by atoms with Gasteiger partial charge in [-0.15, -0.1) is 0 Å². The summed E-state index contributed by atoms with van der Waals surface area (Å²) >= 11 is 0.460. The monoisotopic (exact) mass is 342 g/mol. The fourth-order valence-electron chi connectivity index (χ4n) is 2.13. The van der Waals surface area contributed by atoms with Crippen molar-refractivity contribution in [2.75, 3.05) is 7.11 Å². The Morgan fingerprint density at radius 1 is 1.15 bits per heavy atom. The molecule has 0 fully saturated rings. The zero-order valence-corrected chi connectivity index (χ0v) is 14.4. The standard InChI is InChI=1S/C17H26O2Se/c1-3-4-5-7-12-16(13-14-17(18)19-2)20-15-10-8-6-9-11-15/h6,8-11,16H,3-5,7,12-14H2,1-2H3. The fourth-order valence-corrected chi connectivity index (χ4v) is 4.69. The van der Waals surface area contributed by atoms with Crippen LogP contribution in [0.5, 0.6) is 0 Å². The third kappa shape index (κ3) is 7.71. The Morgan fingerprint density at radius 2 is 1.90 bits per heavy atom. The van der Waals surface area contributed by atoms with Crippen LogP contribution < -0.4 is 4.46 Å². The number of benzene rings is 1. The van der Waals surface area contributed by atoms with E-state index in [2.05, 4.69) is 37.3 Å². The van der Waals surface area contributed by atoms with Crippen LogP contribution in [-0.4, -0.2) is 28.0 Å². The molecule has 0 spiro atoms. The van der Waals surface area contributed by atoms with Gasteiger partial charge < -0.3 is 0 Å². The molecule has 2 nitrogen and oxygen atoms in total. The van der Waals surface area contributed by atoms with Gasteiger partial charge in [-0.25, -0.2) is 0 Å². The molecule has 1 atom stereocenters. The van der Waals surface area contributed by atoms with Crippen LogP contribution in [0, 0.1) is 0 Å². The molecule has 0 aliphatic heterocycles. The molecule has 0 heterocycles. The summed E-state index contributed by atoms with van der Waals surface area (Å²) in [6.45, 7) is 2.24. The van der Waals surface area contributed by atoms with Crippen LogP contribution in [0.2, 0.25) is 4.82 Å². The second-order valence-electron chi connectivity index (χ2n) is 5.02. The second kappa shape index (κ2) is 10.9. The van der Waals surface area contributed by atoms with Crippen LogP contribution in [0.25, 0.3) is 0 Å². The summed E-state index contributed by atoms with van der Waals surface area (Å²) in [5.74, 6) is -0.0765. The number of rotatable bonds is 10. The Morgan fingerprint density at radius 3 is 2.55 bits per heavy atom. The van der Waals surface area contributed by atoms with Crippen molar-refractivity contribution < 1.29 is 9.53 Å². The second-order valence-corrected chi connectivity index (χ2v) is 7.90. The Hall–Kier alpha value is -0.791. The molecule has 0 aromatic heterocycles. The normalized spacial score (nSPS) is 12.1. The van der Waals surface area contributed by atoms with Crippen molar-refractivity contribution in [2.45, 2.75) is 56.7 Å². The molecule has 1 rings (SSSR count). The molecular formula is C17H26O2Se. The van der Waals surface area contributed by atoms with Crippen molar-refractivity contribution in [3.63, 3.8) is 0 Å². The van der Waals surface area contributed by atoms with Gasteiger partial charge in [0.05, 0.1) is 0 Å². The first-order valence-electron chi connectivity index (χ1n) is 7.54. The van der Waals surface area contributed by atoms with E-state index < -0.39 is 0 Å². The van der Waals surface area contributed by atoms with Gasteiger partial charge in [0.2, 0.25) is 0 Å². The first-order chi connectivity index (χ1) is 9.76. The first kappa shape index (κ1) is 17.3. The van der Waals surface area contributed by atoms with Gasteiger partial charge >= 0.3 is 129 Å². The Kier molecular flexibility index (Phi) is 9.44. The van der Waals surface area contributed by atoms with Crippen LogP contribution in [-0.2, 0) is 9.53 Å².